The number of nitrogens with zero attached hydrogens (tertiary/aromatic N) is 6. The third kappa shape index (κ3) is 5.77. The first kappa shape index (κ1) is 24.1. The fraction of sp³-hybridized carbons (Fsp3) is 0.440. The molecule has 36 heavy (non-hydrogen) atoms. The van der Waals surface area contributed by atoms with Crippen molar-refractivity contribution in [1.29, 1.82) is 0 Å². The van der Waals surface area contributed by atoms with Gasteiger partial charge in [0.25, 0.3) is 0 Å². The lowest BCUT2D eigenvalue weighted by molar-refractivity contribution is -0.137. The molecule has 5 rings (SSSR count). The fourth-order valence-electron chi connectivity index (χ4n) is 4.45. The standard InChI is InChI=1S/C25H28F3N7O/c26-25(27,28)19-9-7-8-18(16-19)21-11-10-20(36-21)17-29-33-22-30-23(34-12-3-1-4-13-34)32-24(31-22)35-14-5-2-6-15-35/h7-11,16-17H,1-6,12-15H2,(H,30,31,32,33)/b29-17+. The Morgan fingerprint density at radius 1 is 0.833 bits per heavy atom. The lowest BCUT2D eigenvalue weighted by Crippen LogP contribution is -2.34. The molecule has 0 radical (unpaired) electrons. The van der Waals surface area contributed by atoms with E-state index in [2.05, 4.69) is 30.3 Å². The maximum atomic E-state index is 13.0. The Morgan fingerprint density at radius 3 is 2.08 bits per heavy atom. The summed E-state index contributed by atoms with van der Waals surface area (Å²) < 4.78 is 44.8. The number of furan rings is 1. The Bertz CT molecular complexity index is 1160. The van der Waals surface area contributed by atoms with Crippen molar-refractivity contribution in [2.24, 2.45) is 5.10 Å². The highest BCUT2D eigenvalue weighted by atomic mass is 19.4. The Labute approximate surface area is 207 Å². The number of benzene rings is 1. The van der Waals surface area contributed by atoms with Crippen molar-refractivity contribution in [2.75, 3.05) is 41.4 Å². The third-order valence-corrected chi connectivity index (χ3v) is 6.35. The van der Waals surface area contributed by atoms with Crippen molar-refractivity contribution in [2.45, 2.75) is 44.7 Å². The SMILES string of the molecule is FC(F)(F)c1cccc(-c2ccc(/C=N/Nc3nc(N4CCCCC4)nc(N4CCCCC4)n3)o2)c1. The van der Waals surface area contributed by atoms with Gasteiger partial charge in [0.1, 0.15) is 11.5 Å². The number of hydrazone groups is 1. The third-order valence-electron chi connectivity index (χ3n) is 6.35. The molecule has 2 aliphatic rings. The molecule has 0 saturated carbocycles. The van der Waals surface area contributed by atoms with E-state index in [1.165, 1.54) is 25.1 Å². The van der Waals surface area contributed by atoms with E-state index in [0.717, 1.165) is 64.0 Å². The average Bonchev–Trinajstić information content (AvgIpc) is 3.38. The first-order valence-corrected chi connectivity index (χ1v) is 12.3. The number of aromatic nitrogens is 3. The summed E-state index contributed by atoms with van der Waals surface area (Å²) in [6.07, 6.45) is 3.89. The summed E-state index contributed by atoms with van der Waals surface area (Å²) in [4.78, 5) is 18.3. The Kier molecular flexibility index (Phi) is 7.06. The molecule has 0 atom stereocenters. The molecule has 2 saturated heterocycles. The number of hydrogen-bond donors (Lipinski definition) is 1. The number of nitrogens with one attached hydrogen (secondary N) is 1. The normalized spacial score (nSPS) is 17.1. The van der Waals surface area contributed by atoms with Gasteiger partial charge in [-0.15, -0.1) is 0 Å². The molecule has 0 aliphatic carbocycles. The molecule has 2 fully saturated rings. The maximum absolute atomic E-state index is 13.0. The van der Waals surface area contributed by atoms with E-state index < -0.39 is 11.7 Å². The number of halogens is 3. The second-order valence-corrected chi connectivity index (χ2v) is 9.01. The Balaban J connectivity index is 1.32. The zero-order valence-electron chi connectivity index (χ0n) is 19.8. The molecule has 8 nitrogen and oxygen atoms in total. The van der Waals surface area contributed by atoms with Crippen LogP contribution in [0.3, 0.4) is 0 Å². The average molecular weight is 500 g/mol. The van der Waals surface area contributed by atoms with Crippen molar-refractivity contribution >= 4 is 24.1 Å². The first-order valence-electron chi connectivity index (χ1n) is 12.3. The van der Waals surface area contributed by atoms with E-state index in [0.29, 0.717) is 34.9 Å². The van der Waals surface area contributed by atoms with Crippen molar-refractivity contribution in [3.8, 4) is 11.3 Å². The Hall–Kier alpha value is -3.63. The number of rotatable bonds is 6. The van der Waals surface area contributed by atoms with Gasteiger partial charge in [-0.3, -0.25) is 0 Å². The smallest absolute Gasteiger partial charge is 0.416 e. The zero-order valence-corrected chi connectivity index (χ0v) is 19.8. The molecule has 0 unspecified atom stereocenters. The van der Waals surface area contributed by atoms with Crippen LogP contribution in [0.1, 0.15) is 49.8 Å². The highest BCUT2D eigenvalue weighted by molar-refractivity contribution is 5.78. The predicted octanol–water partition coefficient (Wildman–Crippen LogP) is 5.58. The lowest BCUT2D eigenvalue weighted by atomic mass is 10.1. The van der Waals surface area contributed by atoms with Gasteiger partial charge in [-0.1, -0.05) is 12.1 Å². The van der Waals surface area contributed by atoms with Crippen molar-refractivity contribution in [3.05, 3.63) is 47.7 Å². The topological polar surface area (TPSA) is 82.7 Å². The summed E-state index contributed by atoms with van der Waals surface area (Å²) in [7, 11) is 0. The van der Waals surface area contributed by atoms with Gasteiger partial charge in [0, 0.05) is 31.7 Å². The van der Waals surface area contributed by atoms with E-state index in [9.17, 15) is 13.2 Å². The molecule has 11 heteroatoms. The van der Waals surface area contributed by atoms with Crippen LogP contribution in [-0.4, -0.2) is 47.3 Å². The summed E-state index contributed by atoms with van der Waals surface area (Å²) in [6.45, 7) is 3.65. The highest BCUT2D eigenvalue weighted by Gasteiger charge is 2.30. The van der Waals surface area contributed by atoms with Crippen LogP contribution >= 0.6 is 0 Å². The number of hydrogen-bond acceptors (Lipinski definition) is 8. The molecule has 2 aliphatic heterocycles. The van der Waals surface area contributed by atoms with Gasteiger partial charge in [0.05, 0.1) is 11.8 Å². The van der Waals surface area contributed by atoms with Gasteiger partial charge < -0.3 is 14.2 Å². The molecule has 0 bridgehead atoms. The second-order valence-electron chi connectivity index (χ2n) is 9.01. The summed E-state index contributed by atoms with van der Waals surface area (Å²) in [5, 5.41) is 4.21. The predicted molar refractivity (Wildman–Crippen MR) is 132 cm³/mol. The molecular weight excluding hydrogens is 471 g/mol. The van der Waals surface area contributed by atoms with Gasteiger partial charge in [0.15, 0.2) is 0 Å². The van der Waals surface area contributed by atoms with Gasteiger partial charge in [-0.05, 0) is 62.8 Å². The molecule has 3 aromatic rings. The number of anilines is 3. The first-order chi connectivity index (χ1) is 17.5. The van der Waals surface area contributed by atoms with Crippen molar-refractivity contribution in [3.63, 3.8) is 0 Å². The van der Waals surface area contributed by atoms with Crippen LogP contribution in [0.4, 0.5) is 31.0 Å². The minimum absolute atomic E-state index is 0.322. The van der Waals surface area contributed by atoms with Crippen LogP contribution in [0.25, 0.3) is 11.3 Å². The van der Waals surface area contributed by atoms with E-state index in [1.807, 2.05) is 0 Å². The van der Waals surface area contributed by atoms with Gasteiger partial charge in [0.2, 0.25) is 17.8 Å². The van der Waals surface area contributed by atoms with Crippen molar-refractivity contribution < 1.29 is 17.6 Å². The minimum Gasteiger partial charge on any atom is -0.455 e. The molecule has 4 heterocycles. The van der Waals surface area contributed by atoms with Crippen LogP contribution in [0, 0.1) is 0 Å². The second kappa shape index (κ2) is 10.5. The molecule has 1 N–H and O–H groups in total. The minimum atomic E-state index is -4.42. The quantitative estimate of drug-likeness (QED) is 0.350. The molecule has 2 aromatic heterocycles. The van der Waals surface area contributed by atoms with Crippen LogP contribution in [0.15, 0.2) is 45.9 Å². The number of alkyl halides is 3. The highest BCUT2D eigenvalue weighted by Crippen LogP contribution is 2.32. The Morgan fingerprint density at radius 2 is 1.47 bits per heavy atom. The summed E-state index contributed by atoms with van der Waals surface area (Å²) in [6, 6.07) is 8.28. The monoisotopic (exact) mass is 499 g/mol. The van der Waals surface area contributed by atoms with E-state index >= 15 is 0 Å². The van der Waals surface area contributed by atoms with Gasteiger partial charge in [-0.25, -0.2) is 5.43 Å². The molecule has 0 spiro atoms. The molecular formula is C25H28F3N7O. The zero-order chi connectivity index (χ0) is 25.0. The maximum Gasteiger partial charge on any atom is 0.416 e. The van der Waals surface area contributed by atoms with Crippen LogP contribution < -0.4 is 15.2 Å². The van der Waals surface area contributed by atoms with E-state index in [4.69, 9.17) is 9.40 Å². The number of piperidine rings is 2. The van der Waals surface area contributed by atoms with Crippen LogP contribution in [-0.2, 0) is 6.18 Å². The summed E-state index contributed by atoms with van der Waals surface area (Å²) in [5.41, 5.74) is 2.49. The molecule has 1 aromatic carbocycles. The van der Waals surface area contributed by atoms with E-state index in [-0.39, 0.29) is 0 Å². The van der Waals surface area contributed by atoms with Crippen molar-refractivity contribution in [1.82, 2.24) is 15.0 Å². The largest absolute Gasteiger partial charge is 0.455 e. The van der Waals surface area contributed by atoms with Crippen LogP contribution in [0.5, 0.6) is 0 Å². The lowest BCUT2D eigenvalue weighted by Gasteiger charge is -2.30. The van der Waals surface area contributed by atoms with Crippen LogP contribution in [0.2, 0.25) is 0 Å². The van der Waals surface area contributed by atoms with Gasteiger partial charge >= 0.3 is 6.18 Å². The molecule has 190 valence electrons. The summed E-state index contributed by atoms with van der Waals surface area (Å²) in [5.74, 6) is 2.34. The van der Waals surface area contributed by atoms with E-state index in [1.54, 1.807) is 18.2 Å². The molecule has 0 amide bonds. The van der Waals surface area contributed by atoms with Gasteiger partial charge in [-0.2, -0.15) is 33.2 Å². The summed E-state index contributed by atoms with van der Waals surface area (Å²) >= 11 is 0. The fourth-order valence-corrected chi connectivity index (χ4v) is 4.45.